The minimum Gasteiger partial charge on any atom is -0.508 e. The van der Waals surface area contributed by atoms with E-state index in [0.29, 0.717) is 48.9 Å². The van der Waals surface area contributed by atoms with Gasteiger partial charge in [0, 0.05) is 42.1 Å². The van der Waals surface area contributed by atoms with Crippen LogP contribution in [-0.2, 0) is 38.4 Å². The number of cyclic esters (lactones) is 1. The second kappa shape index (κ2) is 24.3. The zero-order valence-corrected chi connectivity index (χ0v) is 54.0. The maximum atomic E-state index is 15.6. The number of allylic oxidation sites excluding steroid dienone is 5. The van der Waals surface area contributed by atoms with Gasteiger partial charge in [0.05, 0.1) is 33.8 Å². The fourth-order valence-corrected chi connectivity index (χ4v) is 20.9. The van der Waals surface area contributed by atoms with E-state index in [1.807, 2.05) is 19.1 Å². The van der Waals surface area contributed by atoms with E-state index in [9.17, 15) is 15.3 Å². The Balaban J connectivity index is 0.911. The van der Waals surface area contributed by atoms with Gasteiger partial charge in [-0.3, -0.25) is 0 Å². The Morgan fingerprint density at radius 3 is 2.41 bits per heavy atom. The van der Waals surface area contributed by atoms with E-state index in [1.165, 1.54) is 16.7 Å². The first-order chi connectivity index (χ1) is 44.2. The number of carbonyl (C=O) groups excluding carboxylic acids is 2. The smallest absolute Gasteiger partial charge is 0.340 e. The van der Waals surface area contributed by atoms with Crippen molar-refractivity contribution in [1.29, 1.82) is 0 Å². The van der Waals surface area contributed by atoms with Gasteiger partial charge in [0.25, 0.3) is 0 Å². The van der Waals surface area contributed by atoms with Crippen LogP contribution >= 0.6 is 0 Å². The van der Waals surface area contributed by atoms with E-state index in [1.54, 1.807) is 6.07 Å². The molecular formula is C80H96N4O7. The highest BCUT2D eigenvalue weighted by Gasteiger charge is 2.69. The number of esters is 2. The summed E-state index contributed by atoms with van der Waals surface area (Å²) in [5.41, 5.74) is 7.29. The summed E-state index contributed by atoms with van der Waals surface area (Å²) in [4.78, 5) is 31.1. The molecule has 0 aromatic heterocycles. The van der Waals surface area contributed by atoms with E-state index in [0.717, 1.165) is 180 Å². The van der Waals surface area contributed by atoms with Gasteiger partial charge >= 0.3 is 11.9 Å². The summed E-state index contributed by atoms with van der Waals surface area (Å²) in [6.45, 7) is 6.98. The average molecular weight is 1230 g/mol. The SMILES string of the molecule is CC[C@H](/C=C1\OC(=O)C2=C3c4cc(O)ccc4-c4cccc(c4)CNCCc4cccc(c4)[C@H]4NC[C@@](C)(O)C5(C#C[C@@H](C6(O)CCCC6)C[C@H]6C[C@]([C@@H]7CCN[C@@H](NC)C7)(CC=C7OC(=O)C8=C7CC[C@H]7[C@H]3CC[C@@]21[C@@H]87)C[C@@H]64)CCCCC5)Cc1ccccc1. The van der Waals surface area contributed by atoms with Crippen LogP contribution < -0.4 is 21.3 Å². The first-order valence-corrected chi connectivity index (χ1v) is 35.4. The molecule has 11 nitrogen and oxygen atoms in total. The number of hydrogen-bond donors (Lipinski definition) is 7. The lowest BCUT2D eigenvalue weighted by atomic mass is 9.44. The van der Waals surface area contributed by atoms with Crippen LogP contribution in [-0.4, -0.2) is 71.3 Å². The van der Waals surface area contributed by atoms with Gasteiger partial charge in [0.2, 0.25) is 0 Å². The van der Waals surface area contributed by atoms with E-state index in [-0.39, 0.29) is 76.7 Å². The Bertz CT molecular complexity index is 3670. The lowest BCUT2D eigenvalue weighted by Gasteiger charge is -2.56. The van der Waals surface area contributed by atoms with Crippen molar-refractivity contribution in [3.8, 4) is 28.7 Å². The monoisotopic (exact) mass is 1220 g/mol. The minimum atomic E-state index is -1.13. The van der Waals surface area contributed by atoms with Crippen LogP contribution in [0.4, 0.5) is 0 Å². The Labute approximate surface area is 539 Å². The number of carbonyl (C=O) groups is 2. The number of piperidine rings is 1. The summed E-state index contributed by atoms with van der Waals surface area (Å²) >= 11 is 0. The van der Waals surface area contributed by atoms with Gasteiger partial charge in [-0.15, -0.1) is 0 Å². The van der Waals surface area contributed by atoms with Crippen molar-refractivity contribution >= 4 is 17.5 Å². The summed E-state index contributed by atoms with van der Waals surface area (Å²) in [7, 11) is 2.07. The number of aromatic hydroxyl groups is 1. The fraction of sp³-hybridized carbons (Fsp3) is 0.550. The normalized spacial score (nSPS) is 34.9. The van der Waals surface area contributed by atoms with Crippen LogP contribution in [0.25, 0.3) is 16.7 Å². The zero-order valence-electron chi connectivity index (χ0n) is 54.0. The van der Waals surface area contributed by atoms with Crippen LogP contribution in [0.1, 0.15) is 176 Å². The average Bonchev–Trinajstić information content (AvgIpc) is 1.55. The van der Waals surface area contributed by atoms with Gasteiger partial charge in [0.15, 0.2) is 0 Å². The molecule has 478 valence electrons. The Hall–Kier alpha value is -6.10. The number of rotatable bonds is 7. The number of fused-ring (bicyclic) bond motifs is 5. The lowest BCUT2D eigenvalue weighted by molar-refractivity contribution is -0.135. The Morgan fingerprint density at radius 2 is 1.58 bits per heavy atom. The highest BCUT2D eigenvalue weighted by Crippen LogP contribution is 2.73. The van der Waals surface area contributed by atoms with Crippen LogP contribution in [0.5, 0.6) is 5.75 Å². The molecule has 13 atom stereocenters. The third kappa shape index (κ3) is 10.7. The number of aliphatic hydroxyl groups is 2. The number of phenolic OH excluding ortho intramolecular Hbond substituents is 1. The molecule has 14 bridgehead atoms. The zero-order chi connectivity index (χ0) is 62.3. The number of benzene rings is 4. The van der Waals surface area contributed by atoms with Crippen molar-refractivity contribution in [2.24, 2.45) is 63.6 Å². The van der Waals surface area contributed by atoms with Crippen LogP contribution in [0.3, 0.4) is 0 Å². The summed E-state index contributed by atoms with van der Waals surface area (Å²) in [6.07, 6.45) is 23.9. The summed E-state index contributed by atoms with van der Waals surface area (Å²) in [5, 5.41) is 53.3. The summed E-state index contributed by atoms with van der Waals surface area (Å²) < 4.78 is 13.7. The number of phenols is 1. The molecule has 4 aromatic rings. The lowest BCUT2D eigenvalue weighted by Crippen LogP contribution is -2.54. The summed E-state index contributed by atoms with van der Waals surface area (Å²) in [5.74, 6) is 8.79. The largest absolute Gasteiger partial charge is 0.508 e. The molecule has 4 aromatic carbocycles. The third-order valence-electron chi connectivity index (χ3n) is 25.6. The maximum Gasteiger partial charge on any atom is 0.340 e. The second-order valence-electron chi connectivity index (χ2n) is 30.4. The predicted octanol–water partition coefficient (Wildman–Crippen LogP) is 13.7. The molecule has 6 aliphatic heterocycles. The molecule has 7 N–H and O–H groups in total. The predicted molar refractivity (Wildman–Crippen MR) is 356 cm³/mol. The van der Waals surface area contributed by atoms with Crippen LogP contribution in [0.15, 0.2) is 137 Å². The van der Waals surface area contributed by atoms with E-state index in [2.05, 4.69) is 138 Å². The van der Waals surface area contributed by atoms with Crippen molar-refractivity contribution < 1.29 is 34.4 Å². The molecule has 0 unspecified atom stereocenters. The molecule has 2 saturated heterocycles. The number of β-amino-alcohol motifs (C(OH)–C–C–N with tert-alkyl or cyclic N) is 1. The van der Waals surface area contributed by atoms with Gasteiger partial charge in [-0.05, 0) is 252 Å². The number of ether oxygens (including phenoxy) is 2. The molecule has 2 spiro atoms. The van der Waals surface area contributed by atoms with Crippen molar-refractivity contribution in [2.45, 2.75) is 185 Å². The van der Waals surface area contributed by atoms with Crippen LogP contribution in [0, 0.1) is 75.4 Å². The van der Waals surface area contributed by atoms with Gasteiger partial charge in [-0.2, -0.15) is 0 Å². The van der Waals surface area contributed by atoms with Gasteiger partial charge < -0.3 is 46.1 Å². The topological polar surface area (TPSA) is 161 Å². The van der Waals surface area contributed by atoms with Crippen molar-refractivity contribution in [1.82, 2.24) is 21.3 Å². The molecule has 91 heavy (non-hydrogen) atoms. The summed E-state index contributed by atoms with van der Waals surface area (Å²) in [6, 6.07) is 34.1. The fourth-order valence-electron chi connectivity index (χ4n) is 20.9. The van der Waals surface area contributed by atoms with E-state index < -0.39 is 22.0 Å². The molecule has 13 aliphatic rings. The molecular weight excluding hydrogens is 1130 g/mol. The first-order valence-electron chi connectivity index (χ1n) is 35.4. The molecule has 17 rings (SSSR count). The van der Waals surface area contributed by atoms with Crippen molar-refractivity contribution in [3.05, 3.63) is 165 Å². The third-order valence-corrected chi connectivity index (χ3v) is 25.6. The molecule has 4 saturated carbocycles. The molecule has 6 fully saturated rings. The Kier molecular flexibility index (Phi) is 16.3. The molecule has 0 radical (unpaired) electrons. The molecule has 11 heteroatoms. The van der Waals surface area contributed by atoms with Crippen molar-refractivity contribution in [3.63, 3.8) is 0 Å². The maximum absolute atomic E-state index is 15.6. The van der Waals surface area contributed by atoms with Gasteiger partial charge in [-0.25, -0.2) is 9.59 Å². The van der Waals surface area contributed by atoms with Gasteiger partial charge in [0.1, 0.15) is 17.3 Å². The van der Waals surface area contributed by atoms with Crippen molar-refractivity contribution in [2.75, 3.05) is 26.7 Å². The molecule has 7 aliphatic carbocycles. The van der Waals surface area contributed by atoms with E-state index >= 15 is 9.59 Å². The quantitative estimate of drug-likeness (QED) is 0.0697. The Morgan fingerprint density at radius 1 is 0.769 bits per heavy atom. The second-order valence-corrected chi connectivity index (χ2v) is 30.4. The molecule has 0 amide bonds. The highest BCUT2D eigenvalue weighted by molar-refractivity contribution is 6.07. The van der Waals surface area contributed by atoms with E-state index in [4.69, 9.17) is 9.47 Å². The first kappa shape index (κ1) is 61.1. The number of nitrogens with one attached hydrogen (secondary N) is 4. The van der Waals surface area contributed by atoms with Crippen LogP contribution in [0.2, 0.25) is 0 Å². The number of hydrogen-bond acceptors (Lipinski definition) is 11. The van der Waals surface area contributed by atoms with Gasteiger partial charge in [-0.1, -0.05) is 130 Å². The minimum absolute atomic E-state index is 0.00928. The highest BCUT2D eigenvalue weighted by atomic mass is 16.6. The molecule has 6 heterocycles. The standard InChI is InChI=1S/C80H96N4O7/c1-4-50(39-51-15-7-5-8-16-51)42-67-80-36-26-61-62-23-24-63-66(90-74(86)70(63)71(62)80)27-34-77(57-29-38-83-68(44-57)81-3)46-56-43-58(79(89)32-11-12-33-79)25-35-78(30-9-6-10-31-78)76(2,88)49-84-73(65(56)47-77)55-20-13-17-52(40-55)28-37-82-48-53-18-14-19-54(41-53)60-22-21-59(85)45-64(60)69(61)72(80)75(87)91-67/h5,7-8,13-22,27,40-42,45,50,56-58,61-62,65,68,71,73,81-85,88-89H,4,6,9-12,23-24,26,28-34,36-39,43-44,46-49H2,1-3H3/b66-27?,67-42-/t50-,56-,57+,58+,61+,62-,65-,68+,71+,73+,76+,77+,80+/m0/s1.